The molecule has 0 bridgehead atoms. The molecule has 1 aliphatic rings. The zero-order valence-corrected chi connectivity index (χ0v) is 11.2. The first-order valence-electron chi connectivity index (χ1n) is 6.26. The monoisotopic (exact) mass is 222 g/mol. The second-order valence-corrected chi connectivity index (χ2v) is 6.07. The van der Waals surface area contributed by atoms with Crippen LogP contribution in [0.5, 0.6) is 0 Å². The molecule has 0 aromatic carbocycles. The highest BCUT2D eigenvalue weighted by atomic mass is 16.3. The first kappa shape index (κ1) is 13.5. The molecular formula is C15H26O. The van der Waals surface area contributed by atoms with E-state index in [2.05, 4.69) is 40.9 Å². The highest BCUT2D eigenvalue weighted by Crippen LogP contribution is 2.50. The van der Waals surface area contributed by atoms with Crippen molar-refractivity contribution < 1.29 is 5.11 Å². The van der Waals surface area contributed by atoms with E-state index in [-0.39, 0.29) is 5.41 Å². The highest BCUT2D eigenvalue weighted by Gasteiger charge is 2.46. The zero-order chi connectivity index (χ0) is 12.6. The van der Waals surface area contributed by atoms with Crippen molar-refractivity contribution in [3.05, 3.63) is 24.8 Å². The van der Waals surface area contributed by atoms with Crippen LogP contribution in [-0.4, -0.2) is 10.7 Å². The second-order valence-electron chi connectivity index (χ2n) is 6.07. The van der Waals surface area contributed by atoms with Crippen molar-refractivity contribution in [1.29, 1.82) is 0 Å². The van der Waals surface area contributed by atoms with E-state index in [4.69, 9.17) is 0 Å². The molecule has 1 aliphatic carbocycles. The van der Waals surface area contributed by atoms with Gasteiger partial charge in [0, 0.05) is 0 Å². The standard InChI is InChI=1S/C15H26O/c1-7-14(6)8-9-15(16,12(4)5)10-13(14)11(2)3/h7,12-13,16H,1-2,8-10H2,3-6H3/t13-,14+,15-/m0/s1. The molecule has 1 nitrogen and oxygen atoms in total. The maximum absolute atomic E-state index is 10.6. The van der Waals surface area contributed by atoms with Gasteiger partial charge in [0.2, 0.25) is 0 Å². The van der Waals surface area contributed by atoms with Gasteiger partial charge in [-0.1, -0.05) is 39.0 Å². The summed E-state index contributed by atoms with van der Waals surface area (Å²) in [6, 6.07) is 0. The van der Waals surface area contributed by atoms with Crippen molar-refractivity contribution in [3.63, 3.8) is 0 Å². The van der Waals surface area contributed by atoms with Gasteiger partial charge in [-0.05, 0) is 43.4 Å². The van der Waals surface area contributed by atoms with Crippen LogP contribution in [0.4, 0.5) is 0 Å². The summed E-state index contributed by atoms with van der Waals surface area (Å²) in [5.74, 6) is 0.662. The molecule has 0 aromatic heterocycles. The first-order chi connectivity index (χ1) is 7.25. The lowest BCUT2D eigenvalue weighted by Crippen LogP contribution is -2.46. The third kappa shape index (κ3) is 2.24. The smallest absolute Gasteiger partial charge is 0.0676 e. The van der Waals surface area contributed by atoms with Crippen LogP contribution in [0.3, 0.4) is 0 Å². The van der Waals surface area contributed by atoms with E-state index in [0.29, 0.717) is 11.8 Å². The number of hydrogen-bond acceptors (Lipinski definition) is 1. The van der Waals surface area contributed by atoms with Crippen molar-refractivity contribution in [3.8, 4) is 0 Å². The summed E-state index contributed by atoms with van der Waals surface area (Å²) >= 11 is 0. The zero-order valence-electron chi connectivity index (χ0n) is 11.2. The Hall–Kier alpha value is -0.560. The Balaban J connectivity index is 2.98. The fourth-order valence-corrected chi connectivity index (χ4v) is 2.85. The summed E-state index contributed by atoms with van der Waals surface area (Å²) in [6.45, 7) is 16.6. The Kier molecular flexibility index (Phi) is 3.69. The first-order valence-corrected chi connectivity index (χ1v) is 6.26. The van der Waals surface area contributed by atoms with Crippen LogP contribution in [0.15, 0.2) is 24.8 Å². The summed E-state index contributed by atoms with van der Waals surface area (Å²) in [7, 11) is 0. The minimum absolute atomic E-state index is 0.104. The molecule has 1 rings (SSSR count). The quantitative estimate of drug-likeness (QED) is 0.717. The SMILES string of the molecule is C=C[C@]1(C)CC[C@@](O)(C(C)C)C[C@H]1C(=C)C. The van der Waals surface area contributed by atoms with Crippen molar-refractivity contribution in [2.75, 3.05) is 0 Å². The molecule has 1 heteroatoms. The minimum atomic E-state index is -0.522. The fraction of sp³-hybridized carbons (Fsp3) is 0.733. The van der Waals surface area contributed by atoms with E-state index < -0.39 is 5.60 Å². The largest absolute Gasteiger partial charge is 0.390 e. The van der Waals surface area contributed by atoms with Crippen LogP contribution in [0.1, 0.15) is 47.0 Å². The molecule has 16 heavy (non-hydrogen) atoms. The minimum Gasteiger partial charge on any atom is -0.390 e. The van der Waals surface area contributed by atoms with Gasteiger partial charge in [0.05, 0.1) is 5.60 Å². The Morgan fingerprint density at radius 3 is 2.38 bits per heavy atom. The van der Waals surface area contributed by atoms with Crippen LogP contribution in [-0.2, 0) is 0 Å². The van der Waals surface area contributed by atoms with Crippen molar-refractivity contribution in [2.45, 2.75) is 52.6 Å². The summed E-state index contributed by atoms with van der Waals surface area (Å²) < 4.78 is 0. The lowest BCUT2D eigenvalue weighted by Gasteiger charge is -2.49. The van der Waals surface area contributed by atoms with Crippen molar-refractivity contribution >= 4 is 0 Å². The molecule has 92 valence electrons. The Labute approximate surface area is 100 Å². The normalized spacial score (nSPS) is 39.8. The van der Waals surface area contributed by atoms with E-state index in [1.165, 1.54) is 5.57 Å². The summed E-state index contributed by atoms with van der Waals surface area (Å²) in [5, 5.41) is 10.6. The molecule has 0 unspecified atom stereocenters. The topological polar surface area (TPSA) is 20.2 Å². The van der Waals surface area contributed by atoms with Gasteiger partial charge in [-0.25, -0.2) is 0 Å². The van der Waals surface area contributed by atoms with Crippen molar-refractivity contribution in [2.24, 2.45) is 17.3 Å². The molecule has 1 saturated carbocycles. The molecular weight excluding hydrogens is 196 g/mol. The van der Waals surface area contributed by atoms with Gasteiger partial charge in [-0.2, -0.15) is 0 Å². The third-order valence-electron chi connectivity index (χ3n) is 4.59. The molecule has 0 amide bonds. The highest BCUT2D eigenvalue weighted by molar-refractivity contribution is 5.14. The van der Waals surface area contributed by atoms with Gasteiger partial charge >= 0.3 is 0 Å². The molecule has 0 aliphatic heterocycles. The average Bonchev–Trinajstić information content (AvgIpc) is 2.21. The Bertz CT molecular complexity index is 292. The van der Waals surface area contributed by atoms with Gasteiger partial charge in [0.15, 0.2) is 0 Å². The van der Waals surface area contributed by atoms with Gasteiger partial charge in [0.1, 0.15) is 0 Å². The predicted molar refractivity (Wildman–Crippen MR) is 70.2 cm³/mol. The van der Waals surface area contributed by atoms with E-state index in [0.717, 1.165) is 19.3 Å². The molecule has 0 heterocycles. The predicted octanol–water partition coefficient (Wildman–Crippen LogP) is 3.94. The number of rotatable bonds is 3. The molecule has 1 fully saturated rings. The van der Waals surface area contributed by atoms with E-state index in [1.807, 2.05) is 6.08 Å². The summed E-state index contributed by atoms with van der Waals surface area (Å²) in [4.78, 5) is 0. The maximum Gasteiger partial charge on any atom is 0.0676 e. The molecule has 0 spiro atoms. The Morgan fingerprint density at radius 1 is 1.44 bits per heavy atom. The van der Waals surface area contributed by atoms with Crippen LogP contribution < -0.4 is 0 Å². The van der Waals surface area contributed by atoms with Crippen LogP contribution in [0, 0.1) is 17.3 Å². The lowest BCUT2D eigenvalue weighted by molar-refractivity contribution is -0.0742. The average molecular weight is 222 g/mol. The van der Waals surface area contributed by atoms with E-state index >= 15 is 0 Å². The molecule has 3 atom stereocenters. The Morgan fingerprint density at radius 2 is 2.00 bits per heavy atom. The number of hydrogen-bond donors (Lipinski definition) is 1. The van der Waals surface area contributed by atoms with Gasteiger partial charge in [0.25, 0.3) is 0 Å². The van der Waals surface area contributed by atoms with E-state index in [1.54, 1.807) is 0 Å². The maximum atomic E-state index is 10.6. The van der Waals surface area contributed by atoms with Crippen LogP contribution in [0.25, 0.3) is 0 Å². The second kappa shape index (κ2) is 4.37. The number of aliphatic hydroxyl groups is 1. The van der Waals surface area contributed by atoms with Crippen LogP contribution >= 0.6 is 0 Å². The molecule has 0 radical (unpaired) electrons. The molecule has 0 aromatic rings. The van der Waals surface area contributed by atoms with E-state index in [9.17, 15) is 5.11 Å². The van der Waals surface area contributed by atoms with Gasteiger partial charge in [-0.3, -0.25) is 0 Å². The lowest BCUT2D eigenvalue weighted by atomic mass is 9.59. The fourth-order valence-electron chi connectivity index (χ4n) is 2.85. The van der Waals surface area contributed by atoms with Crippen LogP contribution in [0.2, 0.25) is 0 Å². The summed E-state index contributed by atoms with van der Waals surface area (Å²) in [6.07, 6.45) is 4.74. The third-order valence-corrected chi connectivity index (χ3v) is 4.59. The number of allylic oxidation sites excluding steroid dienone is 2. The molecule has 0 saturated heterocycles. The summed E-state index contributed by atoms with van der Waals surface area (Å²) in [5.41, 5.74) is 0.750. The van der Waals surface area contributed by atoms with Crippen molar-refractivity contribution in [1.82, 2.24) is 0 Å². The molecule has 1 N–H and O–H groups in total. The van der Waals surface area contributed by atoms with Gasteiger partial charge < -0.3 is 5.11 Å². The van der Waals surface area contributed by atoms with Gasteiger partial charge in [-0.15, -0.1) is 6.58 Å².